The molecular formula is C15H22ClNOS. The van der Waals surface area contributed by atoms with Gasteiger partial charge in [0.15, 0.2) is 0 Å². The van der Waals surface area contributed by atoms with Crippen molar-refractivity contribution in [3.63, 3.8) is 0 Å². The molecule has 0 radical (unpaired) electrons. The zero-order chi connectivity index (χ0) is 13.3. The van der Waals surface area contributed by atoms with E-state index in [-0.39, 0.29) is 0 Å². The Morgan fingerprint density at radius 3 is 2.79 bits per heavy atom. The summed E-state index contributed by atoms with van der Waals surface area (Å²) >= 11 is 7.79. The maximum atomic E-state index is 10.7. The van der Waals surface area contributed by atoms with Crippen LogP contribution in [0.4, 0.5) is 0 Å². The molecule has 0 aromatic carbocycles. The minimum absolute atomic E-state index is 0.394. The van der Waals surface area contributed by atoms with E-state index in [4.69, 9.17) is 11.6 Å². The van der Waals surface area contributed by atoms with Crippen LogP contribution < -0.4 is 5.32 Å². The van der Waals surface area contributed by atoms with Gasteiger partial charge in [0.05, 0.1) is 9.94 Å². The summed E-state index contributed by atoms with van der Waals surface area (Å²) in [5.41, 5.74) is 0.881. The zero-order valence-corrected chi connectivity index (χ0v) is 12.8. The largest absolute Gasteiger partial charge is 0.389 e. The van der Waals surface area contributed by atoms with Crippen LogP contribution >= 0.6 is 22.9 Å². The number of halogens is 1. The molecule has 0 spiro atoms. The van der Waals surface area contributed by atoms with Gasteiger partial charge in [0.2, 0.25) is 0 Å². The lowest BCUT2D eigenvalue weighted by Gasteiger charge is -2.28. The fourth-order valence-corrected chi connectivity index (χ4v) is 4.78. The monoisotopic (exact) mass is 299 g/mol. The van der Waals surface area contributed by atoms with E-state index in [9.17, 15) is 5.11 Å². The smallest absolute Gasteiger partial charge is 0.0934 e. The van der Waals surface area contributed by atoms with Crippen LogP contribution in [0, 0.1) is 0 Å². The second-order valence-corrected chi connectivity index (χ2v) is 7.81. The van der Waals surface area contributed by atoms with Crippen LogP contribution in [0.5, 0.6) is 0 Å². The SMILES string of the molecule is OC1(CNC2CCc3sc(Cl)cc32)CCCCCC1. The molecule has 0 amide bonds. The molecule has 2 nitrogen and oxygen atoms in total. The highest BCUT2D eigenvalue weighted by Crippen LogP contribution is 2.39. The van der Waals surface area contributed by atoms with Crippen molar-refractivity contribution < 1.29 is 5.11 Å². The van der Waals surface area contributed by atoms with E-state index in [1.165, 1.54) is 36.1 Å². The number of fused-ring (bicyclic) bond motifs is 1. The summed E-state index contributed by atoms with van der Waals surface area (Å²) in [5, 5.41) is 14.3. The van der Waals surface area contributed by atoms with Gasteiger partial charge in [-0.2, -0.15) is 0 Å². The Labute approximate surface area is 124 Å². The predicted octanol–water partition coefficient (Wildman–Crippen LogP) is 4.06. The standard InChI is InChI=1S/C15H22ClNOS/c16-14-9-11-12(5-6-13(11)19-14)17-10-15(18)7-3-1-2-4-8-15/h9,12,17-18H,1-8,10H2. The molecule has 0 aliphatic heterocycles. The molecule has 106 valence electrons. The molecular weight excluding hydrogens is 278 g/mol. The van der Waals surface area contributed by atoms with Crippen molar-refractivity contribution in [2.24, 2.45) is 0 Å². The average Bonchev–Trinajstić information content (AvgIpc) is 2.82. The van der Waals surface area contributed by atoms with Gasteiger partial charge in [-0.25, -0.2) is 0 Å². The lowest BCUT2D eigenvalue weighted by molar-refractivity contribution is 0.0227. The number of thiophene rings is 1. The Hall–Kier alpha value is -0.0900. The van der Waals surface area contributed by atoms with Gasteiger partial charge in [-0.15, -0.1) is 11.3 Å². The van der Waals surface area contributed by atoms with Crippen molar-refractivity contribution >= 4 is 22.9 Å². The number of rotatable bonds is 3. The maximum Gasteiger partial charge on any atom is 0.0934 e. The first-order valence-corrected chi connectivity index (χ1v) is 8.60. The fourth-order valence-electron chi connectivity index (χ4n) is 3.42. The van der Waals surface area contributed by atoms with Gasteiger partial charge in [0.25, 0.3) is 0 Å². The van der Waals surface area contributed by atoms with Gasteiger partial charge >= 0.3 is 0 Å². The van der Waals surface area contributed by atoms with E-state index >= 15 is 0 Å². The van der Waals surface area contributed by atoms with Crippen molar-refractivity contribution in [3.05, 3.63) is 20.8 Å². The number of nitrogens with one attached hydrogen (secondary N) is 1. The summed E-state index contributed by atoms with van der Waals surface area (Å²) < 4.78 is 0.893. The highest BCUT2D eigenvalue weighted by Gasteiger charge is 2.31. The lowest BCUT2D eigenvalue weighted by atomic mass is 9.94. The Balaban J connectivity index is 1.60. The fraction of sp³-hybridized carbons (Fsp3) is 0.733. The van der Waals surface area contributed by atoms with Gasteiger partial charge in [0.1, 0.15) is 0 Å². The molecule has 1 aromatic heterocycles. The average molecular weight is 300 g/mol. The van der Waals surface area contributed by atoms with Gasteiger partial charge in [-0.05, 0) is 37.3 Å². The number of aryl methyl sites for hydroxylation is 1. The van der Waals surface area contributed by atoms with Crippen LogP contribution in [0.15, 0.2) is 6.07 Å². The highest BCUT2D eigenvalue weighted by atomic mass is 35.5. The van der Waals surface area contributed by atoms with Gasteiger partial charge in [0, 0.05) is 17.5 Å². The van der Waals surface area contributed by atoms with E-state index in [0.717, 1.165) is 36.6 Å². The normalized spacial score (nSPS) is 26.1. The molecule has 4 heteroatoms. The second kappa shape index (κ2) is 5.72. The zero-order valence-electron chi connectivity index (χ0n) is 11.3. The summed E-state index contributed by atoms with van der Waals surface area (Å²) in [6.07, 6.45) is 9.05. The molecule has 1 atom stereocenters. The van der Waals surface area contributed by atoms with Crippen LogP contribution in [0.2, 0.25) is 4.34 Å². The first-order valence-electron chi connectivity index (χ1n) is 7.40. The quantitative estimate of drug-likeness (QED) is 0.825. The van der Waals surface area contributed by atoms with Crippen molar-refractivity contribution in [2.75, 3.05) is 6.54 Å². The first-order chi connectivity index (χ1) is 9.16. The third kappa shape index (κ3) is 3.15. The summed E-state index contributed by atoms with van der Waals surface area (Å²) in [7, 11) is 0. The molecule has 1 unspecified atom stereocenters. The Morgan fingerprint density at radius 1 is 1.32 bits per heavy atom. The van der Waals surface area contributed by atoms with Crippen molar-refractivity contribution in [3.8, 4) is 0 Å². The Morgan fingerprint density at radius 2 is 2.05 bits per heavy atom. The molecule has 0 bridgehead atoms. The third-order valence-electron chi connectivity index (χ3n) is 4.56. The summed E-state index contributed by atoms with van der Waals surface area (Å²) in [6, 6.07) is 2.50. The molecule has 19 heavy (non-hydrogen) atoms. The Kier molecular flexibility index (Phi) is 4.18. The van der Waals surface area contributed by atoms with E-state index in [1.54, 1.807) is 11.3 Å². The van der Waals surface area contributed by atoms with Crippen LogP contribution in [0.3, 0.4) is 0 Å². The number of hydrogen-bond donors (Lipinski definition) is 2. The summed E-state index contributed by atoms with van der Waals surface area (Å²) in [6.45, 7) is 0.727. The minimum atomic E-state index is -0.487. The van der Waals surface area contributed by atoms with Gasteiger partial charge in [-0.1, -0.05) is 37.3 Å². The van der Waals surface area contributed by atoms with E-state index < -0.39 is 5.60 Å². The minimum Gasteiger partial charge on any atom is -0.389 e. The van der Waals surface area contributed by atoms with E-state index in [1.807, 2.05) is 0 Å². The van der Waals surface area contributed by atoms with Crippen LogP contribution in [0.25, 0.3) is 0 Å². The molecule has 2 N–H and O–H groups in total. The van der Waals surface area contributed by atoms with Crippen LogP contribution in [0.1, 0.15) is 61.4 Å². The Bertz CT molecular complexity index is 437. The molecule has 1 fully saturated rings. The summed E-state index contributed by atoms with van der Waals surface area (Å²) in [4.78, 5) is 1.43. The van der Waals surface area contributed by atoms with Gasteiger partial charge < -0.3 is 10.4 Å². The maximum absolute atomic E-state index is 10.7. The molecule has 2 aliphatic rings. The number of aliphatic hydroxyl groups is 1. The van der Waals surface area contributed by atoms with Crippen molar-refractivity contribution in [1.29, 1.82) is 0 Å². The molecule has 0 saturated heterocycles. The molecule has 1 aromatic rings. The first kappa shape index (κ1) is 13.9. The summed E-state index contributed by atoms with van der Waals surface area (Å²) in [5.74, 6) is 0. The highest BCUT2D eigenvalue weighted by molar-refractivity contribution is 7.16. The van der Waals surface area contributed by atoms with Crippen molar-refractivity contribution in [1.82, 2.24) is 5.32 Å². The van der Waals surface area contributed by atoms with Crippen LogP contribution in [-0.4, -0.2) is 17.3 Å². The van der Waals surface area contributed by atoms with Gasteiger partial charge in [-0.3, -0.25) is 0 Å². The van der Waals surface area contributed by atoms with Crippen molar-refractivity contribution in [2.45, 2.75) is 63.0 Å². The lowest BCUT2D eigenvalue weighted by Crippen LogP contribution is -2.41. The van der Waals surface area contributed by atoms with E-state index in [2.05, 4.69) is 11.4 Å². The van der Waals surface area contributed by atoms with Crippen LogP contribution in [-0.2, 0) is 6.42 Å². The molecule has 3 rings (SSSR count). The predicted molar refractivity (Wildman–Crippen MR) is 81.0 cm³/mol. The molecule has 1 saturated carbocycles. The molecule has 1 heterocycles. The number of hydrogen-bond acceptors (Lipinski definition) is 3. The third-order valence-corrected chi connectivity index (χ3v) is 5.90. The van der Waals surface area contributed by atoms with E-state index in [0.29, 0.717) is 6.04 Å². The topological polar surface area (TPSA) is 32.3 Å². The second-order valence-electron chi connectivity index (χ2n) is 6.04. The molecule has 2 aliphatic carbocycles.